The smallest absolute Gasteiger partial charge is 0.249 e. The number of carbonyl (C=O) groups excluding carboxylic acids is 1. The van der Waals surface area contributed by atoms with Crippen LogP contribution in [-0.2, 0) is 11.3 Å². The first-order chi connectivity index (χ1) is 13.0. The molecule has 2 aromatic carbocycles. The summed E-state index contributed by atoms with van der Waals surface area (Å²) < 4.78 is 5.54. The largest absolute Gasteiger partial charge is 0.381 e. The molecule has 0 radical (unpaired) electrons. The van der Waals surface area contributed by atoms with E-state index in [0.29, 0.717) is 16.0 Å². The monoisotopic (exact) mass is 384 g/mol. The van der Waals surface area contributed by atoms with Gasteiger partial charge in [-0.15, -0.1) is 0 Å². The number of rotatable bonds is 4. The van der Waals surface area contributed by atoms with Crippen LogP contribution in [0.2, 0.25) is 5.02 Å². The van der Waals surface area contributed by atoms with Crippen LogP contribution in [0, 0.1) is 5.41 Å². The van der Waals surface area contributed by atoms with E-state index in [4.69, 9.17) is 22.1 Å². The molecule has 4 nitrogen and oxygen atoms in total. The third-order valence-electron chi connectivity index (χ3n) is 5.99. The normalized spacial score (nSPS) is 19.4. The zero-order chi connectivity index (χ0) is 18.9. The molecular weight excluding hydrogens is 360 g/mol. The summed E-state index contributed by atoms with van der Waals surface area (Å²) in [7, 11) is 0. The summed E-state index contributed by atoms with van der Waals surface area (Å²) in [4.78, 5) is 14.3. The number of hydrogen-bond acceptors (Lipinski definition) is 3. The molecule has 1 amide bonds. The van der Waals surface area contributed by atoms with Gasteiger partial charge in [0.05, 0.1) is 0 Å². The predicted octanol–water partition coefficient (Wildman–Crippen LogP) is 4.11. The van der Waals surface area contributed by atoms with Crippen molar-refractivity contribution in [2.24, 2.45) is 11.1 Å². The summed E-state index contributed by atoms with van der Waals surface area (Å²) in [6.45, 7) is 5.09. The molecule has 0 saturated carbocycles. The van der Waals surface area contributed by atoms with Crippen molar-refractivity contribution in [1.82, 2.24) is 4.90 Å². The van der Waals surface area contributed by atoms with Gasteiger partial charge >= 0.3 is 0 Å². The van der Waals surface area contributed by atoms with Crippen molar-refractivity contribution in [2.75, 3.05) is 26.3 Å². The molecule has 0 unspecified atom stereocenters. The molecule has 2 fully saturated rings. The van der Waals surface area contributed by atoms with Crippen molar-refractivity contribution < 1.29 is 9.53 Å². The summed E-state index contributed by atoms with van der Waals surface area (Å²) >= 11 is 6.12. The second-order valence-corrected chi connectivity index (χ2v) is 8.26. The van der Waals surface area contributed by atoms with Gasteiger partial charge in [0, 0.05) is 36.9 Å². The Hall–Kier alpha value is -1.88. The molecule has 4 rings (SSSR count). The Morgan fingerprint density at radius 1 is 1.11 bits per heavy atom. The SMILES string of the molecule is NC(=O)c1ccc(Cl)cc1-c1ccc(CN2CCC3(CCOCC3)C2)cc1. The van der Waals surface area contributed by atoms with Gasteiger partial charge in [-0.25, -0.2) is 0 Å². The number of halogens is 1. The zero-order valence-electron chi connectivity index (χ0n) is 15.4. The Morgan fingerprint density at radius 3 is 2.56 bits per heavy atom. The van der Waals surface area contributed by atoms with Gasteiger partial charge in [-0.2, -0.15) is 0 Å². The molecule has 2 saturated heterocycles. The summed E-state index contributed by atoms with van der Waals surface area (Å²) in [5, 5.41) is 0.595. The van der Waals surface area contributed by atoms with Crippen molar-refractivity contribution in [3.63, 3.8) is 0 Å². The molecule has 0 aromatic heterocycles. The number of likely N-dealkylation sites (tertiary alicyclic amines) is 1. The average molecular weight is 385 g/mol. The van der Waals surface area contributed by atoms with E-state index in [1.165, 1.54) is 24.8 Å². The first-order valence-corrected chi connectivity index (χ1v) is 9.91. The molecule has 2 aliphatic heterocycles. The van der Waals surface area contributed by atoms with E-state index < -0.39 is 5.91 Å². The minimum absolute atomic E-state index is 0.440. The lowest BCUT2D eigenvalue weighted by Crippen LogP contribution is -2.32. The number of nitrogens with two attached hydrogens (primary N) is 1. The minimum atomic E-state index is -0.440. The quantitative estimate of drug-likeness (QED) is 0.863. The molecule has 142 valence electrons. The topological polar surface area (TPSA) is 55.6 Å². The van der Waals surface area contributed by atoms with Gasteiger partial charge in [-0.3, -0.25) is 9.69 Å². The maximum absolute atomic E-state index is 11.7. The van der Waals surface area contributed by atoms with Crippen LogP contribution in [0.3, 0.4) is 0 Å². The van der Waals surface area contributed by atoms with Crippen LogP contribution in [0.4, 0.5) is 0 Å². The third kappa shape index (κ3) is 4.03. The maximum atomic E-state index is 11.7. The highest BCUT2D eigenvalue weighted by atomic mass is 35.5. The lowest BCUT2D eigenvalue weighted by Gasteiger charge is -2.33. The van der Waals surface area contributed by atoms with E-state index in [9.17, 15) is 4.79 Å². The molecule has 2 aromatic rings. The number of hydrogen-bond donors (Lipinski definition) is 1. The first kappa shape index (κ1) is 18.5. The Kier molecular flexibility index (Phi) is 5.22. The number of amides is 1. The Bertz CT molecular complexity index is 829. The lowest BCUT2D eigenvalue weighted by molar-refractivity contribution is 0.0190. The number of benzene rings is 2. The summed E-state index contributed by atoms with van der Waals surface area (Å²) in [5.41, 5.74) is 9.49. The van der Waals surface area contributed by atoms with Crippen LogP contribution in [-0.4, -0.2) is 37.1 Å². The van der Waals surface area contributed by atoms with Crippen molar-refractivity contribution >= 4 is 17.5 Å². The summed E-state index contributed by atoms with van der Waals surface area (Å²) in [5.74, 6) is -0.440. The van der Waals surface area contributed by atoms with Crippen LogP contribution < -0.4 is 5.73 Å². The molecule has 0 atom stereocenters. The van der Waals surface area contributed by atoms with Crippen LogP contribution >= 0.6 is 11.6 Å². The van der Waals surface area contributed by atoms with E-state index >= 15 is 0 Å². The predicted molar refractivity (Wildman–Crippen MR) is 108 cm³/mol. The minimum Gasteiger partial charge on any atom is -0.381 e. The lowest BCUT2D eigenvalue weighted by atomic mass is 9.80. The van der Waals surface area contributed by atoms with Gasteiger partial charge in [0.1, 0.15) is 0 Å². The molecule has 2 heterocycles. The van der Waals surface area contributed by atoms with Crippen LogP contribution in [0.5, 0.6) is 0 Å². The Balaban J connectivity index is 1.47. The van der Waals surface area contributed by atoms with Crippen LogP contribution in [0.25, 0.3) is 11.1 Å². The van der Waals surface area contributed by atoms with Gasteiger partial charge in [0.25, 0.3) is 0 Å². The fraction of sp³-hybridized carbons (Fsp3) is 0.409. The van der Waals surface area contributed by atoms with Crippen LogP contribution in [0.1, 0.15) is 35.2 Å². The molecule has 0 bridgehead atoms. The van der Waals surface area contributed by atoms with Gasteiger partial charge in [-0.05, 0) is 66.1 Å². The van der Waals surface area contributed by atoms with Crippen LogP contribution in [0.15, 0.2) is 42.5 Å². The van der Waals surface area contributed by atoms with E-state index in [1.54, 1.807) is 18.2 Å². The van der Waals surface area contributed by atoms with Crippen molar-refractivity contribution in [2.45, 2.75) is 25.8 Å². The molecular formula is C22H25ClN2O2. The molecule has 0 aliphatic carbocycles. The molecule has 5 heteroatoms. The summed E-state index contributed by atoms with van der Waals surface area (Å²) in [6.07, 6.45) is 3.65. The zero-order valence-corrected chi connectivity index (χ0v) is 16.2. The standard InChI is InChI=1S/C22H25ClN2O2/c23-18-5-6-19(21(24)26)20(13-18)17-3-1-16(2-4-17)14-25-10-7-22(15-25)8-11-27-12-9-22/h1-6,13H,7-12,14-15H2,(H2,24,26). The highest BCUT2D eigenvalue weighted by Crippen LogP contribution is 2.40. The van der Waals surface area contributed by atoms with Gasteiger partial charge in [0.15, 0.2) is 0 Å². The van der Waals surface area contributed by atoms with Gasteiger partial charge in [-0.1, -0.05) is 35.9 Å². The number of carbonyl (C=O) groups is 1. The molecule has 27 heavy (non-hydrogen) atoms. The fourth-order valence-corrected chi connectivity index (χ4v) is 4.57. The van der Waals surface area contributed by atoms with Gasteiger partial charge in [0.2, 0.25) is 5.91 Å². The molecule has 2 aliphatic rings. The highest BCUT2D eigenvalue weighted by molar-refractivity contribution is 6.31. The molecule has 1 spiro atoms. The number of primary amides is 1. The summed E-state index contributed by atoms with van der Waals surface area (Å²) in [6, 6.07) is 13.5. The Morgan fingerprint density at radius 2 is 1.85 bits per heavy atom. The van der Waals surface area contributed by atoms with Crippen molar-refractivity contribution in [1.29, 1.82) is 0 Å². The number of nitrogens with zero attached hydrogens (tertiary/aromatic N) is 1. The fourth-order valence-electron chi connectivity index (χ4n) is 4.39. The van der Waals surface area contributed by atoms with E-state index in [-0.39, 0.29) is 0 Å². The van der Waals surface area contributed by atoms with Gasteiger partial charge < -0.3 is 10.5 Å². The van der Waals surface area contributed by atoms with E-state index in [1.807, 2.05) is 12.1 Å². The third-order valence-corrected chi connectivity index (χ3v) is 6.22. The van der Waals surface area contributed by atoms with E-state index in [2.05, 4.69) is 17.0 Å². The second-order valence-electron chi connectivity index (χ2n) is 7.82. The highest BCUT2D eigenvalue weighted by Gasteiger charge is 2.39. The van der Waals surface area contributed by atoms with E-state index in [0.717, 1.165) is 44.0 Å². The maximum Gasteiger partial charge on any atom is 0.249 e. The van der Waals surface area contributed by atoms with Crippen molar-refractivity contribution in [3.05, 3.63) is 58.6 Å². The second kappa shape index (κ2) is 7.63. The Labute approximate surface area is 165 Å². The average Bonchev–Trinajstić information content (AvgIpc) is 3.04. The number of ether oxygens (including phenoxy) is 1. The molecule has 2 N–H and O–H groups in total. The van der Waals surface area contributed by atoms with Crippen molar-refractivity contribution in [3.8, 4) is 11.1 Å². The first-order valence-electron chi connectivity index (χ1n) is 9.53.